The van der Waals surface area contributed by atoms with Crippen molar-refractivity contribution in [2.24, 2.45) is 0 Å². The maximum atomic E-state index is 12.4. The van der Waals surface area contributed by atoms with E-state index < -0.39 is 0 Å². The molecule has 1 fully saturated rings. The van der Waals surface area contributed by atoms with Crippen molar-refractivity contribution in [2.75, 3.05) is 42.9 Å². The third-order valence-corrected chi connectivity index (χ3v) is 4.46. The van der Waals surface area contributed by atoms with Crippen molar-refractivity contribution in [3.8, 4) is 6.07 Å². The minimum absolute atomic E-state index is 0.0959. The Kier molecular flexibility index (Phi) is 5.87. The number of nitriles is 1. The van der Waals surface area contributed by atoms with Crippen LogP contribution < -0.4 is 10.2 Å². The Morgan fingerprint density at radius 2 is 1.96 bits per heavy atom. The van der Waals surface area contributed by atoms with E-state index in [1.54, 1.807) is 36.7 Å². The minimum Gasteiger partial charge on any atom is -0.383 e. The molecule has 26 heavy (non-hydrogen) atoms. The van der Waals surface area contributed by atoms with Crippen molar-refractivity contribution in [1.29, 1.82) is 5.26 Å². The SMILES string of the molecule is N#Cc1cc(Cl)ccc1NCCC(=O)N1CCN(c2ncccn2)CC1. The van der Waals surface area contributed by atoms with Crippen molar-refractivity contribution >= 4 is 29.1 Å². The number of hydrogen-bond acceptors (Lipinski definition) is 6. The smallest absolute Gasteiger partial charge is 0.225 e. The standard InChI is InChI=1S/C18H19ClN6O/c19-15-2-3-16(14(12-15)13-20)21-7-4-17(26)24-8-10-25(11-9-24)18-22-5-1-6-23-18/h1-3,5-6,12,21H,4,7-11H2. The number of aromatic nitrogens is 2. The Hall–Kier alpha value is -2.85. The van der Waals surface area contributed by atoms with Gasteiger partial charge in [-0.25, -0.2) is 9.97 Å². The van der Waals surface area contributed by atoms with Gasteiger partial charge in [0.1, 0.15) is 6.07 Å². The Labute approximate surface area is 157 Å². The van der Waals surface area contributed by atoms with Crippen LogP contribution in [0.5, 0.6) is 0 Å². The zero-order valence-corrected chi connectivity index (χ0v) is 15.0. The van der Waals surface area contributed by atoms with E-state index in [-0.39, 0.29) is 5.91 Å². The quantitative estimate of drug-likeness (QED) is 0.868. The first-order chi connectivity index (χ1) is 12.7. The van der Waals surface area contributed by atoms with Gasteiger partial charge in [-0.15, -0.1) is 0 Å². The van der Waals surface area contributed by atoms with Crippen molar-refractivity contribution in [3.63, 3.8) is 0 Å². The highest BCUT2D eigenvalue weighted by atomic mass is 35.5. The number of piperazine rings is 1. The number of halogens is 1. The summed E-state index contributed by atoms with van der Waals surface area (Å²) in [5.41, 5.74) is 1.16. The molecule has 1 aliphatic heterocycles. The first-order valence-corrected chi connectivity index (χ1v) is 8.78. The third-order valence-electron chi connectivity index (χ3n) is 4.22. The van der Waals surface area contributed by atoms with E-state index in [0.29, 0.717) is 48.3 Å². The summed E-state index contributed by atoms with van der Waals surface area (Å²) in [6, 6.07) is 8.97. The van der Waals surface area contributed by atoms with Gasteiger partial charge in [0.25, 0.3) is 0 Å². The van der Waals surface area contributed by atoms with Crippen LogP contribution in [0, 0.1) is 11.3 Å². The molecule has 3 rings (SSSR count). The summed E-state index contributed by atoms with van der Waals surface area (Å²) >= 11 is 5.89. The average molecular weight is 371 g/mol. The van der Waals surface area contributed by atoms with Crippen LogP contribution in [0.2, 0.25) is 5.02 Å². The lowest BCUT2D eigenvalue weighted by atomic mass is 10.2. The molecule has 2 heterocycles. The molecule has 134 valence electrons. The van der Waals surface area contributed by atoms with E-state index in [1.165, 1.54) is 0 Å². The summed E-state index contributed by atoms with van der Waals surface area (Å²) in [4.78, 5) is 24.8. The molecule has 1 aromatic heterocycles. The normalized spacial score (nSPS) is 14.0. The van der Waals surface area contributed by atoms with Crippen LogP contribution in [0.4, 0.5) is 11.6 Å². The lowest BCUT2D eigenvalue weighted by Crippen LogP contribution is -2.49. The Balaban J connectivity index is 1.46. The molecular formula is C18H19ClN6O. The van der Waals surface area contributed by atoms with Crippen molar-refractivity contribution in [2.45, 2.75) is 6.42 Å². The van der Waals surface area contributed by atoms with Gasteiger partial charge in [0.2, 0.25) is 11.9 Å². The molecule has 1 saturated heterocycles. The van der Waals surface area contributed by atoms with Gasteiger partial charge in [0, 0.05) is 56.6 Å². The topological polar surface area (TPSA) is 85.2 Å². The number of nitrogens with one attached hydrogen (secondary N) is 1. The van der Waals surface area contributed by atoms with Gasteiger partial charge in [-0.2, -0.15) is 5.26 Å². The molecule has 0 aliphatic carbocycles. The number of rotatable bonds is 5. The maximum Gasteiger partial charge on any atom is 0.225 e. The van der Waals surface area contributed by atoms with Crippen LogP contribution in [0.25, 0.3) is 0 Å². The molecule has 0 spiro atoms. The Morgan fingerprint density at radius 1 is 1.23 bits per heavy atom. The van der Waals surface area contributed by atoms with Crippen LogP contribution in [-0.4, -0.2) is 53.5 Å². The molecule has 1 amide bonds. The highest BCUT2D eigenvalue weighted by molar-refractivity contribution is 6.30. The minimum atomic E-state index is 0.0959. The fraction of sp³-hybridized carbons (Fsp3) is 0.333. The monoisotopic (exact) mass is 370 g/mol. The number of carbonyl (C=O) groups excluding carboxylic acids is 1. The predicted octanol–water partition coefficient (Wildman–Crippen LogP) is 2.15. The second-order valence-electron chi connectivity index (χ2n) is 5.90. The second-order valence-corrected chi connectivity index (χ2v) is 6.33. The van der Waals surface area contributed by atoms with Crippen molar-refractivity contribution in [1.82, 2.24) is 14.9 Å². The zero-order chi connectivity index (χ0) is 18.4. The van der Waals surface area contributed by atoms with Crippen LogP contribution in [-0.2, 0) is 4.79 Å². The Bertz CT molecular complexity index is 799. The van der Waals surface area contributed by atoms with Gasteiger partial charge in [0.05, 0.1) is 11.3 Å². The van der Waals surface area contributed by atoms with Crippen molar-refractivity contribution in [3.05, 3.63) is 47.2 Å². The average Bonchev–Trinajstić information content (AvgIpc) is 2.69. The van der Waals surface area contributed by atoms with E-state index in [4.69, 9.17) is 16.9 Å². The summed E-state index contributed by atoms with van der Waals surface area (Å²) in [5.74, 6) is 0.798. The highest BCUT2D eigenvalue weighted by Gasteiger charge is 2.22. The molecule has 1 aromatic carbocycles. The highest BCUT2D eigenvalue weighted by Crippen LogP contribution is 2.19. The molecule has 7 nitrogen and oxygen atoms in total. The fourth-order valence-electron chi connectivity index (χ4n) is 2.84. The molecule has 8 heteroatoms. The predicted molar refractivity (Wildman–Crippen MR) is 100 cm³/mol. The van der Waals surface area contributed by atoms with Crippen LogP contribution in [0.3, 0.4) is 0 Å². The zero-order valence-electron chi connectivity index (χ0n) is 14.2. The van der Waals surface area contributed by atoms with Gasteiger partial charge < -0.3 is 15.1 Å². The molecule has 0 unspecified atom stereocenters. The van der Waals surface area contributed by atoms with Crippen molar-refractivity contribution < 1.29 is 4.79 Å². The molecule has 2 aromatic rings. The largest absolute Gasteiger partial charge is 0.383 e. The molecule has 0 saturated carbocycles. The number of hydrogen-bond donors (Lipinski definition) is 1. The summed E-state index contributed by atoms with van der Waals surface area (Å²) < 4.78 is 0. The number of benzene rings is 1. The number of nitrogens with zero attached hydrogens (tertiary/aromatic N) is 5. The Morgan fingerprint density at radius 3 is 2.65 bits per heavy atom. The fourth-order valence-corrected chi connectivity index (χ4v) is 3.01. The molecular weight excluding hydrogens is 352 g/mol. The van der Waals surface area contributed by atoms with Gasteiger partial charge in [-0.1, -0.05) is 11.6 Å². The van der Waals surface area contributed by atoms with E-state index in [0.717, 1.165) is 13.1 Å². The summed E-state index contributed by atoms with van der Waals surface area (Å²) in [5, 5.41) is 12.8. The molecule has 1 N–H and O–H groups in total. The maximum absolute atomic E-state index is 12.4. The summed E-state index contributed by atoms with van der Waals surface area (Å²) in [7, 11) is 0. The lowest BCUT2D eigenvalue weighted by molar-refractivity contribution is -0.131. The second kappa shape index (κ2) is 8.50. The van der Waals surface area contributed by atoms with Gasteiger partial charge >= 0.3 is 0 Å². The number of carbonyl (C=O) groups is 1. The van der Waals surface area contributed by atoms with Gasteiger partial charge in [-0.05, 0) is 24.3 Å². The van der Waals surface area contributed by atoms with Crippen LogP contribution in [0.15, 0.2) is 36.7 Å². The molecule has 0 bridgehead atoms. The lowest BCUT2D eigenvalue weighted by Gasteiger charge is -2.34. The van der Waals surface area contributed by atoms with E-state index >= 15 is 0 Å². The summed E-state index contributed by atoms with van der Waals surface area (Å²) in [6.07, 6.45) is 3.81. The van der Waals surface area contributed by atoms with Crippen LogP contribution >= 0.6 is 11.6 Å². The van der Waals surface area contributed by atoms with E-state index in [2.05, 4.69) is 26.3 Å². The summed E-state index contributed by atoms with van der Waals surface area (Å²) in [6.45, 7) is 3.22. The van der Waals surface area contributed by atoms with E-state index in [1.807, 2.05) is 4.90 Å². The first kappa shape index (κ1) is 18.0. The number of anilines is 2. The molecule has 1 aliphatic rings. The molecule has 0 radical (unpaired) electrons. The van der Waals surface area contributed by atoms with Gasteiger partial charge in [0.15, 0.2) is 0 Å². The first-order valence-electron chi connectivity index (χ1n) is 8.40. The third kappa shape index (κ3) is 4.41. The van der Waals surface area contributed by atoms with Gasteiger partial charge in [-0.3, -0.25) is 4.79 Å². The number of amides is 1. The molecule has 0 atom stereocenters. The van der Waals surface area contributed by atoms with Crippen LogP contribution in [0.1, 0.15) is 12.0 Å². The van der Waals surface area contributed by atoms with E-state index in [9.17, 15) is 4.79 Å².